The lowest BCUT2D eigenvalue weighted by molar-refractivity contribution is -0.133. The molecule has 3 rings (SSSR count). The number of ether oxygens (including phenoxy) is 1. The summed E-state index contributed by atoms with van der Waals surface area (Å²) in [7, 11) is 5.54. The molecule has 1 atom stereocenters. The van der Waals surface area contributed by atoms with Crippen LogP contribution in [0.15, 0.2) is 30.5 Å². The number of anilines is 1. The zero-order chi connectivity index (χ0) is 19.6. The van der Waals surface area contributed by atoms with E-state index in [1.165, 1.54) is 0 Å². The van der Waals surface area contributed by atoms with Crippen molar-refractivity contribution < 1.29 is 9.53 Å². The number of aromatic nitrogens is 2. The molecule has 1 saturated heterocycles. The van der Waals surface area contributed by atoms with E-state index in [0.717, 1.165) is 35.5 Å². The number of carbonyl (C=O) groups is 1. The molecule has 0 spiro atoms. The Morgan fingerprint density at radius 1 is 1.33 bits per heavy atom. The number of nitrogens with zero attached hydrogens (tertiary/aromatic N) is 4. The molecule has 144 valence electrons. The van der Waals surface area contributed by atoms with Crippen LogP contribution in [0.25, 0.3) is 11.1 Å². The van der Waals surface area contributed by atoms with Gasteiger partial charge in [-0.05, 0) is 24.1 Å². The highest BCUT2D eigenvalue weighted by atomic mass is 16.5. The summed E-state index contributed by atoms with van der Waals surface area (Å²) < 4.78 is 5.38. The average Bonchev–Trinajstić information content (AvgIpc) is 3.16. The first-order valence-corrected chi connectivity index (χ1v) is 9.38. The smallest absolute Gasteiger partial charge is 0.225 e. The van der Waals surface area contributed by atoms with Crippen molar-refractivity contribution in [3.63, 3.8) is 0 Å². The zero-order valence-corrected chi connectivity index (χ0v) is 16.8. The SMILES string of the molecule is COc1cccc(-c2cnc(N(C)C)nc2[C@@H]2CCN(C(=O)C(C)C)C2)c1. The molecule has 1 aliphatic heterocycles. The first kappa shape index (κ1) is 19.1. The van der Waals surface area contributed by atoms with Crippen molar-refractivity contribution in [3.05, 3.63) is 36.2 Å². The van der Waals surface area contributed by atoms with Gasteiger partial charge in [-0.25, -0.2) is 9.97 Å². The second-order valence-electron chi connectivity index (χ2n) is 7.52. The van der Waals surface area contributed by atoms with Crippen molar-refractivity contribution in [2.45, 2.75) is 26.2 Å². The Labute approximate surface area is 161 Å². The third kappa shape index (κ3) is 4.04. The lowest BCUT2D eigenvalue weighted by atomic mass is 9.95. The summed E-state index contributed by atoms with van der Waals surface area (Å²) in [5, 5.41) is 0. The maximum Gasteiger partial charge on any atom is 0.225 e. The number of rotatable bonds is 5. The minimum atomic E-state index is 0.0179. The molecule has 0 aliphatic carbocycles. The lowest BCUT2D eigenvalue weighted by Gasteiger charge is -2.21. The van der Waals surface area contributed by atoms with Gasteiger partial charge in [0, 0.05) is 50.8 Å². The van der Waals surface area contributed by atoms with Crippen LogP contribution in [-0.4, -0.2) is 55.1 Å². The molecule has 0 unspecified atom stereocenters. The summed E-state index contributed by atoms with van der Waals surface area (Å²) >= 11 is 0. The monoisotopic (exact) mass is 368 g/mol. The molecule has 1 aliphatic rings. The van der Waals surface area contributed by atoms with Gasteiger partial charge in [0.05, 0.1) is 12.8 Å². The van der Waals surface area contributed by atoms with Gasteiger partial charge in [-0.2, -0.15) is 0 Å². The second kappa shape index (κ2) is 7.94. The quantitative estimate of drug-likeness (QED) is 0.811. The molecule has 0 N–H and O–H groups in total. The fourth-order valence-electron chi connectivity index (χ4n) is 3.47. The van der Waals surface area contributed by atoms with Gasteiger partial charge in [0.15, 0.2) is 0 Å². The van der Waals surface area contributed by atoms with Crippen LogP contribution in [0.2, 0.25) is 0 Å². The van der Waals surface area contributed by atoms with E-state index in [-0.39, 0.29) is 17.7 Å². The summed E-state index contributed by atoms with van der Waals surface area (Å²) in [6.45, 7) is 5.39. The highest BCUT2D eigenvalue weighted by Crippen LogP contribution is 2.35. The molecule has 2 heterocycles. The van der Waals surface area contributed by atoms with Gasteiger partial charge in [0.1, 0.15) is 5.75 Å². The van der Waals surface area contributed by atoms with Crippen LogP contribution >= 0.6 is 0 Å². The van der Waals surface area contributed by atoms with Crippen LogP contribution in [0.5, 0.6) is 5.75 Å². The topological polar surface area (TPSA) is 58.6 Å². The van der Waals surface area contributed by atoms with Crippen LogP contribution in [0.3, 0.4) is 0 Å². The van der Waals surface area contributed by atoms with Gasteiger partial charge in [0.25, 0.3) is 0 Å². The standard InChI is InChI=1S/C21H28N4O2/c1-14(2)20(26)25-10-9-16(13-25)19-18(12-22-21(23-19)24(3)4)15-7-6-8-17(11-15)27-5/h6-8,11-12,14,16H,9-10,13H2,1-5H3/t16-/m1/s1. The molecular formula is C21H28N4O2. The summed E-state index contributed by atoms with van der Waals surface area (Å²) in [5.41, 5.74) is 3.03. The average molecular weight is 368 g/mol. The van der Waals surface area contributed by atoms with Crippen molar-refractivity contribution in [2.75, 3.05) is 39.2 Å². The fourth-order valence-corrected chi connectivity index (χ4v) is 3.47. The van der Waals surface area contributed by atoms with Crippen LogP contribution in [-0.2, 0) is 4.79 Å². The predicted octanol–water partition coefficient (Wildman–Crippen LogP) is 3.19. The summed E-state index contributed by atoms with van der Waals surface area (Å²) in [6, 6.07) is 7.95. The number of likely N-dealkylation sites (tertiary alicyclic amines) is 1. The third-order valence-corrected chi connectivity index (χ3v) is 4.97. The molecule has 6 heteroatoms. The van der Waals surface area contributed by atoms with E-state index < -0.39 is 0 Å². The normalized spacial score (nSPS) is 16.7. The van der Waals surface area contributed by atoms with Gasteiger partial charge in [-0.15, -0.1) is 0 Å². The Hall–Kier alpha value is -2.63. The predicted molar refractivity (Wildman–Crippen MR) is 107 cm³/mol. The van der Waals surface area contributed by atoms with Crippen molar-refractivity contribution >= 4 is 11.9 Å². The summed E-state index contributed by atoms with van der Waals surface area (Å²) in [6.07, 6.45) is 2.80. The van der Waals surface area contributed by atoms with E-state index in [0.29, 0.717) is 12.5 Å². The van der Waals surface area contributed by atoms with E-state index in [1.807, 2.05) is 68.2 Å². The number of hydrogen-bond donors (Lipinski definition) is 0. The molecule has 1 aromatic carbocycles. The second-order valence-corrected chi connectivity index (χ2v) is 7.52. The number of amides is 1. The lowest BCUT2D eigenvalue weighted by Crippen LogP contribution is -2.32. The molecule has 0 saturated carbocycles. The van der Waals surface area contributed by atoms with Gasteiger partial charge in [0.2, 0.25) is 11.9 Å². The number of benzene rings is 1. The van der Waals surface area contributed by atoms with Crippen LogP contribution in [0.1, 0.15) is 31.9 Å². The largest absolute Gasteiger partial charge is 0.497 e. The number of carbonyl (C=O) groups excluding carboxylic acids is 1. The van der Waals surface area contributed by atoms with Crippen molar-refractivity contribution in [1.29, 1.82) is 0 Å². The molecule has 1 aromatic heterocycles. The zero-order valence-electron chi connectivity index (χ0n) is 16.8. The van der Waals surface area contributed by atoms with E-state index in [2.05, 4.69) is 4.98 Å². The number of methoxy groups -OCH3 is 1. The highest BCUT2D eigenvalue weighted by molar-refractivity contribution is 5.78. The number of hydrogen-bond acceptors (Lipinski definition) is 5. The fraction of sp³-hybridized carbons (Fsp3) is 0.476. The Bertz CT molecular complexity index is 820. The van der Waals surface area contributed by atoms with Gasteiger partial charge >= 0.3 is 0 Å². The molecule has 1 amide bonds. The van der Waals surface area contributed by atoms with Gasteiger partial charge in [-0.3, -0.25) is 4.79 Å². The van der Waals surface area contributed by atoms with Gasteiger partial charge in [-0.1, -0.05) is 26.0 Å². The molecule has 0 radical (unpaired) electrons. The van der Waals surface area contributed by atoms with Crippen LogP contribution < -0.4 is 9.64 Å². The van der Waals surface area contributed by atoms with Crippen molar-refractivity contribution in [2.24, 2.45) is 5.92 Å². The molecular weight excluding hydrogens is 340 g/mol. The Morgan fingerprint density at radius 2 is 2.11 bits per heavy atom. The molecule has 6 nitrogen and oxygen atoms in total. The molecule has 27 heavy (non-hydrogen) atoms. The van der Waals surface area contributed by atoms with Gasteiger partial charge < -0.3 is 14.5 Å². The molecule has 2 aromatic rings. The summed E-state index contributed by atoms with van der Waals surface area (Å²) in [5.74, 6) is 1.92. The molecule has 0 bridgehead atoms. The van der Waals surface area contributed by atoms with E-state index >= 15 is 0 Å². The Kier molecular flexibility index (Phi) is 5.63. The first-order valence-electron chi connectivity index (χ1n) is 9.38. The van der Waals surface area contributed by atoms with E-state index in [9.17, 15) is 4.79 Å². The Morgan fingerprint density at radius 3 is 2.78 bits per heavy atom. The maximum absolute atomic E-state index is 12.4. The summed E-state index contributed by atoms with van der Waals surface area (Å²) in [4.78, 5) is 25.7. The minimum Gasteiger partial charge on any atom is -0.497 e. The first-order chi connectivity index (χ1) is 12.9. The molecule has 1 fully saturated rings. The minimum absolute atomic E-state index is 0.0179. The maximum atomic E-state index is 12.4. The van der Waals surface area contributed by atoms with Crippen LogP contribution in [0.4, 0.5) is 5.95 Å². The third-order valence-electron chi connectivity index (χ3n) is 4.97. The Balaban J connectivity index is 1.99. The van der Waals surface area contributed by atoms with Crippen molar-refractivity contribution in [3.8, 4) is 16.9 Å². The van der Waals surface area contributed by atoms with Crippen LogP contribution in [0, 0.1) is 5.92 Å². The highest BCUT2D eigenvalue weighted by Gasteiger charge is 2.31. The van der Waals surface area contributed by atoms with E-state index in [1.54, 1.807) is 7.11 Å². The van der Waals surface area contributed by atoms with Crippen molar-refractivity contribution in [1.82, 2.24) is 14.9 Å². The van der Waals surface area contributed by atoms with E-state index in [4.69, 9.17) is 9.72 Å².